The second-order valence-corrected chi connectivity index (χ2v) is 7.53. The summed E-state index contributed by atoms with van der Waals surface area (Å²) in [4.78, 5) is 25.2. The first-order valence-electron chi connectivity index (χ1n) is 8.91. The fraction of sp³-hybridized carbons (Fsp3) is 0.444. The summed E-state index contributed by atoms with van der Waals surface area (Å²) in [7, 11) is 0. The van der Waals surface area contributed by atoms with Gasteiger partial charge < -0.3 is 4.90 Å². The Bertz CT molecular complexity index is 817. The third-order valence-electron chi connectivity index (χ3n) is 4.25. The van der Waals surface area contributed by atoms with E-state index in [0.717, 1.165) is 42.1 Å². The molecule has 0 radical (unpaired) electrons. The van der Waals surface area contributed by atoms with Crippen LogP contribution in [0.25, 0.3) is 0 Å². The number of likely N-dealkylation sites (tertiary alicyclic amines) is 1. The lowest BCUT2D eigenvalue weighted by Crippen LogP contribution is -2.32. The number of hydrogen-bond acceptors (Lipinski definition) is 7. The molecule has 1 fully saturated rings. The molecule has 0 bridgehead atoms. The number of amides is 2. The van der Waals surface area contributed by atoms with E-state index in [4.69, 9.17) is 0 Å². The van der Waals surface area contributed by atoms with Crippen LogP contribution in [-0.2, 0) is 22.4 Å². The average molecular weight is 386 g/mol. The molecule has 27 heavy (non-hydrogen) atoms. The van der Waals surface area contributed by atoms with Gasteiger partial charge in [0.2, 0.25) is 16.9 Å². The van der Waals surface area contributed by atoms with Gasteiger partial charge in [0.25, 0.3) is 0 Å². The molecule has 0 aliphatic carbocycles. The van der Waals surface area contributed by atoms with E-state index in [9.17, 15) is 9.59 Å². The molecule has 0 saturated carbocycles. The molecule has 0 aromatic carbocycles. The van der Waals surface area contributed by atoms with E-state index in [0.29, 0.717) is 23.7 Å². The molecule has 8 nitrogen and oxygen atoms in total. The van der Waals surface area contributed by atoms with E-state index in [-0.39, 0.29) is 18.4 Å². The SMILES string of the molecule is C=C1CCC(=O)N1CC(=O)Nc1nnc(CCCCc2ccc(C)nn2)s1. The summed E-state index contributed by atoms with van der Waals surface area (Å²) in [6.07, 6.45) is 4.66. The summed E-state index contributed by atoms with van der Waals surface area (Å²) >= 11 is 1.36. The maximum Gasteiger partial charge on any atom is 0.246 e. The minimum atomic E-state index is -0.285. The third-order valence-corrected chi connectivity index (χ3v) is 5.15. The number of hydrogen-bond donors (Lipinski definition) is 1. The Kier molecular flexibility index (Phi) is 6.23. The zero-order chi connectivity index (χ0) is 19.2. The summed E-state index contributed by atoms with van der Waals surface area (Å²) < 4.78 is 0. The van der Waals surface area contributed by atoms with E-state index in [2.05, 4.69) is 32.3 Å². The van der Waals surface area contributed by atoms with Crippen LogP contribution in [0, 0.1) is 6.92 Å². The van der Waals surface area contributed by atoms with Gasteiger partial charge in [0.1, 0.15) is 11.6 Å². The van der Waals surface area contributed by atoms with E-state index in [1.54, 1.807) is 0 Å². The van der Waals surface area contributed by atoms with Crippen LogP contribution < -0.4 is 5.32 Å². The number of anilines is 1. The van der Waals surface area contributed by atoms with Crippen LogP contribution in [0.4, 0.5) is 5.13 Å². The Morgan fingerprint density at radius 3 is 2.70 bits per heavy atom. The molecule has 1 aliphatic rings. The summed E-state index contributed by atoms with van der Waals surface area (Å²) in [5, 5.41) is 20.4. The van der Waals surface area contributed by atoms with Crippen molar-refractivity contribution in [1.82, 2.24) is 25.3 Å². The lowest BCUT2D eigenvalue weighted by molar-refractivity contribution is -0.130. The zero-order valence-electron chi connectivity index (χ0n) is 15.3. The van der Waals surface area contributed by atoms with Crippen LogP contribution in [0.15, 0.2) is 24.4 Å². The number of nitrogens with one attached hydrogen (secondary N) is 1. The molecule has 1 aliphatic heterocycles. The van der Waals surface area contributed by atoms with E-state index >= 15 is 0 Å². The van der Waals surface area contributed by atoms with Crippen molar-refractivity contribution in [2.75, 3.05) is 11.9 Å². The number of aryl methyl sites for hydroxylation is 3. The molecule has 2 aromatic rings. The minimum absolute atomic E-state index is 0.0236. The van der Waals surface area contributed by atoms with Crippen LogP contribution in [-0.4, -0.2) is 43.7 Å². The third kappa shape index (κ3) is 5.40. The Morgan fingerprint density at radius 2 is 2.00 bits per heavy atom. The van der Waals surface area contributed by atoms with Gasteiger partial charge in [-0.3, -0.25) is 14.9 Å². The second kappa shape index (κ2) is 8.81. The molecule has 3 rings (SSSR count). The number of carbonyl (C=O) groups is 2. The largest absolute Gasteiger partial charge is 0.307 e. The van der Waals surface area contributed by atoms with Crippen molar-refractivity contribution in [2.45, 2.75) is 45.4 Å². The van der Waals surface area contributed by atoms with Crippen LogP contribution in [0.1, 0.15) is 42.1 Å². The predicted molar refractivity (Wildman–Crippen MR) is 102 cm³/mol. The van der Waals surface area contributed by atoms with Gasteiger partial charge in [-0.25, -0.2) is 0 Å². The number of carbonyl (C=O) groups excluding carboxylic acids is 2. The zero-order valence-corrected chi connectivity index (χ0v) is 16.1. The molecule has 2 amide bonds. The molecule has 0 atom stereocenters. The molecule has 2 aromatic heterocycles. The lowest BCUT2D eigenvalue weighted by Gasteiger charge is -2.15. The van der Waals surface area contributed by atoms with Crippen LogP contribution in [0.3, 0.4) is 0 Å². The molecule has 3 heterocycles. The Morgan fingerprint density at radius 1 is 1.19 bits per heavy atom. The monoisotopic (exact) mass is 386 g/mol. The van der Waals surface area contributed by atoms with Gasteiger partial charge in [-0.2, -0.15) is 10.2 Å². The number of aromatic nitrogens is 4. The van der Waals surface area contributed by atoms with Gasteiger partial charge in [-0.05, 0) is 44.7 Å². The van der Waals surface area contributed by atoms with Gasteiger partial charge in [0.15, 0.2) is 0 Å². The highest BCUT2D eigenvalue weighted by atomic mass is 32.1. The van der Waals surface area contributed by atoms with E-state index in [1.807, 2.05) is 19.1 Å². The fourth-order valence-corrected chi connectivity index (χ4v) is 3.55. The standard InChI is InChI=1S/C18H22N6O2S/c1-12-7-9-14(21-20-12)5-3-4-6-16-22-23-18(27-16)19-15(25)11-24-13(2)8-10-17(24)26/h7,9H,2-6,8,10-11H2,1H3,(H,19,23,25). The summed E-state index contributed by atoms with van der Waals surface area (Å²) in [5.41, 5.74) is 2.59. The van der Waals surface area contributed by atoms with Crippen molar-refractivity contribution in [3.05, 3.63) is 40.8 Å². The topological polar surface area (TPSA) is 101 Å². The van der Waals surface area contributed by atoms with Crippen molar-refractivity contribution in [3.63, 3.8) is 0 Å². The molecule has 1 saturated heterocycles. The molecule has 9 heteroatoms. The molecule has 0 spiro atoms. The molecular formula is C18H22N6O2S. The van der Waals surface area contributed by atoms with Crippen molar-refractivity contribution in [3.8, 4) is 0 Å². The number of nitrogens with zero attached hydrogens (tertiary/aromatic N) is 5. The maximum atomic E-state index is 12.1. The van der Waals surface area contributed by atoms with Crippen LogP contribution in [0.2, 0.25) is 0 Å². The number of rotatable bonds is 8. The Balaban J connectivity index is 1.40. The first kappa shape index (κ1) is 19.1. The number of allylic oxidation sites excluding steroid dienone is 1. The van der Waals surface area contributed by atoms with Crippen LogP contribution >= 0.6 is 11.3 Å². The van der Waals surface area contributed by atoms with Gasteiger partial charge in [-0.15, -0.1) is 10.2 Å². The highest BCUT2D eigenvalue weighted by molar-refractivity contribution is 7.15. The average Bonchev–Trinajstić information content (AvgIpc) is 3.21. The minimum Gasteiger partial charge on any atom is -0.307 e. The molecule has 0 unspecified atom stereocenters. The quantitative estimate of drug-likeness (QED) is 0.699. The van der Waals surface area contributed by atoms with Crippen molar-refractivity contribution in [1.29, 1.82) is 0 Å². The highest BCUT2D eigenvalue weighted by Gasteiger charge is 2.26. The fourth-order valence-electron chi connectivity index (χ4n) is 2.75. The number of unbranched alkanes of at least 4 members (excludes halogenated alkanes) is 1. The van der Waals surface area contributed by atoms with E-state index in [1.165, 1.54) is 16.2 Å². The predicted octanol–water partition coefficient (Wildman–Crippen LogP) is 2.28. The second-order valence-electron chi connectivity index (χ2n) is 6.47. The lowest BCUT2D eigenvalue weighted by atomic mass is 10.1. The van der Waals surface area contributed by atoms with Crippen molar-refractivity contribution >= 4 is 28.3 Å². The van der Waals surface area contributed by atoms with Crippen molar-refractivity contribution in [2.24, 2.45) is 0 Å². The van der Waals surface area contributed by atoms with Gasteiger partial charge in [0, 0.05) is 18.5 Å². The van der Waals surface area contributed by atoms with Gasteiger partial charge in [-0.1, -0.05) is 17.9 Å². The smallest absolute Gasteiger partial charge is 0.246 e. The van der Waals surface area contributed by atoms with Crippen LogP contribution in [0.5, 0.6) is 0 Å². The van der Waals surface area contributed by atoms with Crippen molar-refractivity contribution < 1.29 is 9.59 Å². The summed E-state index contributed by atoms with van der Waals surface area (Å²) in [6, 6.07) is 3.97. The van der Waals surface area contributed by atoms with E-state index < -0.39 is 0 Å². The first-order valence-corrected chi connectivity index (χ1v) is 9.72. The molecular weight excluding hydrogens is 364 g/mol. The molecule has 1 N–H and O–H groups in total. The summed E-state index contributed by atoms with van der Waals surface area (Å²) in [5.74, 6) is -0.349. The Hall–Kier alpha value is -2.68. The Labute approximate surface area is 161 Å². The van der Waals surface area contributed by atoms with Gasteiger partial charge in [0.05, 0.1) is 11.4 Å². The normalized spacial score (nSPS) is 14.0. The first-order chi connectivity index (χ1) is 13.0. The molecule has 142 valence electrons. The highest BCUT2D eigenvalue weighted by Crippen LogP contribution is 2.21. The summed E-state index contributed by atoms with van der Waals surface area (Å²) in [6.45, 7) is 5.70. The van der Waals surface area contributed by atoms with Gasteiger partial charge >= 0.3 is 0 Å². The maximum absolute atomic E-state index is 12.1.